The standard InChI is InChI=1S/C58H70N12O8S2/c1-34(2)50-58(78)69-49(56(76)65-45(51(61)71)27-36-21-22-38-16-6-7-17-39(38)25-36)33-80-79-32-48(68-52(72)42(60)26-35-13-4-3-5-14-35)57(77)66-46(28-37-15-12-24-62-30-37)54(74)67-47(29-40-31-63-43-19-9-8-18-41(40)43)55(75)64-44(53(73)70-50)20-10-11-23-59/h3-9,12-19,21-22,24-25,30-31,34,42,44-50,63H,10-11,20,23,26-29,32-33,59-60H2,1-2H3,(H2,61,71)(H,64,75)(H,65,76)(H,66,77)(H,67,74)(H,68,72)(H,69,78)(H,70,73)/t42-,44-,45-,46-,47+,48+,49-,50-/m0/s1. The molecule has 0 radical (unpaired) electrons. The fourth-order valence-corrected chi connectivity index (χ4v) is 11.6. The van der Waals surface area contributed by atoms with Crippen LogP contribution in [0.2, 0.25) is 0 Å². The summed E-state index contributed by atoms with van der Waals surface area (Å²) in [5, 5.41) is 22.4. The third-order valence-corrected chi connectivity index (χ3v) is 16.1. The van der Waals surface area contributed by atoms with Gasteiger partial charge < -0.3 is 59.4 Å². The number of carbonyl (C=O) groups excluding carboxylic acids is 8. The second-order valence-corrected chi connectivity index (χ2v) is 22.7. The monoisotopic (exact) mass is 1130 g/mol. The highest BCUT2D eigenvalue weighted by atomic mass is 33.1. The number of primary amides is 1. The average Bonchev–Trinajstić information content (AvgIpc) is 3.88. The van der Waals surface area contributed by atoms with Crippen molar-refractivity contribution in [2.75, 3.05) is 18.1 Å². The van der Waals surface area contributed by atoms with Gasteiger partial charge in [-0.05, 0) is 83.3 Å². The number of H-pyrrole nitrogens is 1. The molecular formula is C58H70N12O8S2. The molecule has 8 amide bonds. The lowest BCUT2D eigenvalue weighted by Gasteiger charge is -2.29. The first-order valence-corrected chi connectivity index (χ1v) is 29.1. The fourth-order valence-electron chi connectivity index (χ4n) is 9.26. The zero-order chi connectivity index (χ0) is 57.1. The highest BCUT2D eigenvalue weighted by Crippen LogP contribution is 2.25. The molecule has 0 unspecified atom stereocenters. The van der Waals surface area contributed by atoms with Gasteiger partial charge in [0.05, 0.1) is 6.04 Å². The van der Waals surface area contributed by atoms with E-state index in [9.17, 15) is 38.4 Å². The minimum Gasteiger partial charge on any atom is -0.368 e. The molecule has 8 atom stereocenters. The molecule has 1 fully saturated rings. The molecule has 422 valence electrons. The fraction of sp³-hybridized carbons (Fsp3) is 0.362. The Bertz CT molecular complexity index is 3110. The van der Waals surface area contributed by atoms with Gasteiger partial charge in [0.2, 0.25) is 47.3 Å². The van der Waals surface area contributed by atoms with E-state index < -0.39 is 102 Å². The lowest BCUT2D eigenvalue weighted by atomic mass is 10.00. The predicted molar refractivity (Wildman–Crippen MR) is 311 cm³/mol. The maximum absolute atomic E-state index is 14.9. The van der Waals surface area contributed by atoms with Crippen molar-refractivity contribution < 1.29 is 38.4 Å². The number of aromatic amines is 1. The summed E-state index contributed by atoms with van der Waals surface area (Å²) in [5.74, 6) is -6.81. The molecule has 2 aromatic heterocycles. The van der Waals surface area contributed by atoms with Crippen LogP contribution in [0.4, 0.5) is 0 Å². The smallest absolute Gasteiger partial charge is 0.244 e. The van der Waals surface area contributed by atoms with Crippen molar-refractivity contribution in [3.05, 3.63) is 150 Å². The molecule has 20 nitrogen and oxygen atoms in total. The predicted octanol–water partition coefficient (Wildman–Crippen LogP) is 2.37. The van der Waals surface area contributed by atoms with Crippen LogP contribution < -0.4 is 54.4 Å². The first-order valence-electron chi connectivity index (χ1n) is 26.6. The highest BCUT2D eigenvalue weighted by Gasteiger charge is 2.36. The van der Waals surface area contributed by atoms with Gasteiger partial charge in [-0.3, -0.25) is 43.3 Å². The molecule has 0 bridgehead atoms. The summed E-state index contributed by atoms with van der Waals surface area (Å²) in [5.41, 5.74) is 21.7. The Morgan fingerprint density at radius 1 is 0.675 bits per heavy atom. The SMILES string of the molecule is CC(C)[C@@H]1NC(=O)[C@H](CCCCN)NC(=O)[C@@H](Cc2c[nH]c3ccccc23)NC(=O)[C@H](Cc2cccnc2)NC(=O)[C@H](NC(=O)[C@@H](N)Cc2ccccc2)CSSC[C@@H](C(=O)N[C@@H](Cc2ccc3ccccc3c2)C(N)=O)NC1=O. The van der Waals surface area contributed by atoms with E-state index in [4.69, 9.17) is 17.2 Å². The van der Waals surface area contributed by atoms with Crippen molar-refractivity contribution in [2.45, 2.75) is 107 Å². The number of para-hydroxylation sites is 1. The largest absolute Gasteiger partial charge is 0.368 e. The van der Waals surface area contributed by atoms with Crippen LogP contribution in [-0.4, -0.2) is 124 Å². The summed E-state index contributed by atoms with van der Waals surface area (Å²) in [6.07, 6.45) is 5.85. The van der Waals surface area contributed by atoms with Gasteiger partial charge in [-0.1, -0.05) is 132 Å². The Morgan fingerprint density at radius 3 is 2.06 bits per heavy atom. The molecule has 4 aromatic carbocycles. The van der Waals surface area contributed by atoms with Crippen LogP contribution >= 0.6 is 21.6 Å². The number of hydrogen-bond donors (Lipinski definition) is 11. The van der Waals surface area contributed by atoms with Gasteiger partial charge in [-0.25, -0.2) is 0 Å². The van der Waals surface area contributed by atoms with E-state index in [0.717, 1.165) is 48.8 Å². The van der Waals surface area contributed by atoms with E-state index in [1.807, 2.05) is 97.1 Å². The van der Waals surface area contributed by atoms with E-state index in [1.54, 1.807) is 38.4 Å². The van der Waals surface area contributed by atoms with E-state index >= 15 is 0 Å². The van der Waals surface area contributed by atoms with Gasteiger partial charge in [-0.2, -0.15) is 0 Å². The van der Waals surface area contributed by atoms with Gasteiger partial charge in [-0.15, -0.1) is 0 Å². The number of rotatable bonds is 18. The molecule has 6 aromatic rings. The summed E-state index contributed by atoms with van der Waals surface area (Å²) in [6, 6.07) is 23.0. The number of fused-ring (bicyclic) bond motifs is 2. The number of nitrogens with zero attached hydrogens (tertiary/aromatic N) is 1. The van der Waals surface area contributed by atoms with Crippen LogP contribution in [0.25, 0.3) is 21.7 Å². The number of unbranched alkanes of at least 4 members (excludes halogenated alkanes) is 1. The summed E-state index contributed by atoms with van der Waals surface area (Å²) < 4.78 is 0. The van der Waals surface area contributed by atoms with E-state index in [0.29, 0.717) is 36.1 Å². The Labute approximate surface area is 472 Å². The number of benzene rings is 4. The molecule has 22 heteroatoms. The topological polar surface area (TPSA) is 328 Å². The quantitative estimate of drug-likeness (QED) is 0.0436. The third kappa shape index (κ3) is 17.1. The molecule has 0 spiro atoms. The molecule has 1 saturated heterocycles. The third-order valence-electron chi connectivity index (χ3n) is 13.7. The lowest BCUT2D eigenvalue weighted by Crippen LogP contribution is -2.61. The summed E-state index contributed by atoms with van der Waals surface area (Å²) in [4.78, 5) is 122. The Hall–Kier alpha value is -7.79. The second-order valence-electron chi connectivity index (χ2n) is 20.2. The summed E-state index contributed by atoms with van der Waals surface area (Å²) >= 11 is 0. The summed E-state index contributed by atoms with van der Waals surface area (Å²) in [6.45, 7) is 3.71. The van der Waals surface area contributed by atoms with Crippen LogP contribution in [0, 0.1) is 5.92 Å². The van der Waals surface area contributed by atoms with Crippen LogP contribution in [0.1, 0.15) is 55.4 Å². The molecule has 14 N–H and O–H groups in total. The van der Waals surface area contributed by atoms with Crippen molar-refractivity contribution in [1.82, 2.24) is 47.2 Å². The maximum atomic E-state index is 14.9. The molecule has 0 saturated carbocycles. The number of nitrogens with two attached hydrogens (primary N) is 3. The number of carbonyl (C=O) groups is 8. The Balaban J connectivity index is 1.24. The van der Waals surface area contributed by atoms with Crippen molar-refractivity contribution in [1.29, 1.82) is 0 Å². The number of pyridine rings is 1. The second kappa shape index (κ2) is 29.4. The first kappa shape index (κ1) is 59.9. The Kier molecular flexibility index (Phi) is 22.0. The first-order chi connectivity index (χ1) is 38.6. The van der Waals surface area contributed by atoms with Gasteiger partial charge in [0, 0.05) is 60.3 Å². The van der Waals surface area contributed by atoms with Crippen molar-refractivity contribution in [3.8, 4) is 0 Å². The van der Waals surface area contributed by atoms with Gasteiger partial charge in [0.25, 0.3) is 0 Å². The zero-order valence-electron chi connectivity index (χ0n) is 44.7. The molecule has 7 rings (SSSR count). The number of aromatic nitrogens is 2. The van der Waals surface area contributed by atoms with Gasteiger partial charge in [0.1, 0.15) is 42.3 Å². The Morgan fingerprint density at radius 2 is 1.34 bits per heavy atom. The molecule has 3 heterocycles. The van der Waals surface area contributed by atoms with Crippen LogP contribution in [0.15, 0.2) is 128 Å². The van der Waals surface area contributed by atoms with Crippen molar-refractivity contribution in [2.24, 2.45) is 23.1 Å². The minimum absolute atomic E-state index is 0.0295. The summed E-state index contributed by atoms with van der Waals surface area (Å²) in [7, 11) is 2.16. The van der Waals surface area contributed by atoms with E-state index in [-0.39, 0.29) is 43.6 Å². The maximum Gasteiger partial charge on any atom is 0.244 e. The average molecular weight is 1130 g/mol. The molecule has 80 heavy (non-hydrogen) atoms. The molecule has 1 aliphatic rings. The molecule has 0 aliphatic carbocycles. The van der Waals surface area contributed by atoms with Crippen LogP contribution in [0.5, 0.6) is 0 Å². The molecular weight excluding hydrogens is 1060 g/mol. The normalized spacial score (nSPS) is 20.8. The van der Waals surface area contributed by atoms with Gasteiger partial charge >= 0.3 is 0 Å². The molecule has 1 aliphatic heterocycles. The van der Waals surface area contributed by atoms with Gasteiger partial charge in [0.15, 0.2) is 0 Å². The van der Waals surface area contributed by atoms with Crippen molar-refractivity contribution in [3.63, 3.8) is 0 Å². The van der Waals surface area contributed by atoms with Crippen molar-refractivity contribution >= 4 is 90.5 Å². The zero-order valence-corrected chi connectivity index (χ0v) is 46.3. The number of hydrogen-bond acceptors (Lipinski definition) is 13. The highest BCUT2D eigenvalue weighted by molar-refractivity contribution is 8.76. The van der Waals surface area contributed by atoms with E-state index in [2.05, 4.69) is 47.2 Å². The van der Waals surface area contributed by atoms with E-state index in [1.165, 1.54) is 6.20 Å². The lowest BCUT2D eigenvalue weighted by molar-refractivity contribution is -0.136. The number of amides is 8. The van der Waals surface area contributed by atoms with Crippen LogP contribution in [0.3, 0.4) is 0 Å². The minimum atomic E-state index is -1.36. The number of nitrogens with one attached hydrogen (secondary N) is 8. The van der Waals surface area contributed by atoms with Crippen LogP contribution in [-0.2, 0) is 64.0 Å².